The number of hydrogen-bond acceptors (Lipinski definition) is 4. The van der Waals surface area contributed by atoms with E-state index in [0.717, 1.165) is 19.3 Å². The summed E-state index contributed by atoms with van der Waals surface area (Å²) in [5.74, 6) is 0.255. The molecule has 0 saturated carbocycles. The lowest BCUT2D eigenvalue weighted by molar-refractivity contribution is -0.135. The topological polar surface area (TPSA) is 75.4 Å². The minimum Gasteiger partial charge on any atom is -0.355 e. The molecule has 1 aliphatic rings. The van der Waals surface area contributed by atoms with Crippen LogP contribution in [0.5, 0.6) is 0 Å². The minimum absolute atomic E-state index is 0.0303. The van der Waals surface area contributed by atoms with Gasteiger partial charge in [0.2, 0.25) is 11.8 Å². The first-order chi connectivity index (χ1) is 10.6. The quantitative estimate of drug-likeness (QED) is 0.830. The van der Waals surface area contributed by atoms with Crippen molar-refractivity contribution in [2.75, 3.05) is 19.6 Å². The van der Waals surface area contributed by atoms with Crippen LogP contribution in [0.3, 0.4) is 0 Å². The third-order valence-electron chi connectivity index (χ3n) is 3.97. The van der Waals surface area contributed by atoms with Crippen molar-refractivity contribution < 1.29 is 9.59 Å². The van der Waals surface area contributed by atoms with Crippen molar-refractivity contribution in [3.05, 3.63) is 22.4 Å². The summed E-state index contributed by atoms with van der Waals surface area (Å²) in [7, 11) is 0. The van der Waals surface area contributed by atoms with Gasteiger partial charge in [-0.25, -0.2) is 0 Å². The molecule has 6 heteroatoms. The Hall–Kier alpha value is -1.40. The highest BCUT2D eigenvalue weighted by Crippen LogP contribution is 2.18. The summed E-state index contributed by atoms with van der Waals surface area (Å²) in [6.07, 6.45) is 2.76. The molecule has 3 N–H and O–H groups in total. The van der Waals surface area contributed by atoms with Gasteiger partial charge in [0.15, 0.2) is 0 Å². The van der Waals surface area contributed by atoms with Gasteiger partial charge in [0, 0.05) is 42.9 Å². The molecule has 2 rings (SSSR count). The molecule has 1 unspecified atom stereocenters. The van der Waals surface area contributed by atoms with Crippen molar-refractivity contribution in [2.45, 2.75) is 38.6 Å². The van der Waals surface area contributed by atoms with Crippen LogP contribution in [0.25, 0.3) is 0 Å². The maximum atomic E-state index is 12.1. The van der Waals surface area contributed by atoms with E-state index >= 15 is 0 Å². The Kier molecular flexibility index (Phi) is 6.39. The number of nitrogens with one attached hydrogen (secondary N) is 1. The number of nitrogens with two attached hydrogens (primary N) is 1. The van der Waals surface area contributed by atoms with E-state index in [1.165, 1.54) is 4.88 Å². The van der Waals surface area contributed by atoms with E-state index in [1.807, 2.05) is 23.3 Å². The van der Waals surface area contributed by atoms with Crippen LogP contribution in [0.2, 0.25) is 0 Å². The molecule has 0 aromatic carbocycles. The first kappa shape index (κ1) is 17.0. The molecular weight excluding hydrogens is 298 g/mol. The molecule has 22 heavy (non-hydrogen) atoms. The Morgan fingerprint density at radius 2 is 2.18 bits per heavy atom. The van der Waals surface area contributed by atoms with Crippen molar-refractivity contribution in [3.63, 3.8) is 0 Å². The molecule has 1 aliphatic heterocycles. The van der Waals surface area contributed by atoms with Crippen LogP contribution >= 0.6 is 11.3 Å². The Labute approximate surface area is 135 Å². The van der Waals surface area contributed by atoms with Crippen molar-refractivity contribution in [3.8, 4) is 0 Å². The van der Waals surface area contributed by atoms with Gasteiger partial charge in [-0.05, 0) is 37.6 Å². The van der Waals surface area contributed by atoms with Crippen LogP contribution < -0.4 is 11.1 Å². The Bertz CT molecular complexity index is 480. The monoisotopic (exact) mass is 323 g/mol. The number of likely N-dealkylation sites (tertiary alicyclic amines) is 1. The van der Waals surface area contributed by atoms with Gasteiger partial charge < -0.3 is 16.0 Å². The van der Waals surface area contributed by atoms with Gasteiger partial charge in [-0.1, -0.05) is 6.07 Å². The second kappa shape index (κ2) is 8.29. The molecule has 1 aromatic heterocycles. The second-order valence-electron chi connectivity index (χ2n) is 5.96. The van der Waals surface area contributed by atoms with Gasteiger partial charge in [0.25, 0.3) is 0 Å². The first-order valence-electron chi connectivity index (χ1n) is 7.89. The Morgan fingerprint density at radius 3 is 2.77 bits per heavy atom. The van der Waals surface area contributed by atoms with Gasteiger partial charge in [0.05, 0.1) is 0 Å². The van der Waals surface area contributed by atoms with Crippen molar-refractivity contribution in [2.24, 2.45) is 11.7 Å². The number of amides is 2. The van der Waals surface area contributed by atoms with Gasteiger partial charge in [-0.15, -0.1) is 11.3 Å². The van der Waals surface area contributed by atoms with E-state index in [1.54, 1.807) is 11.3 Å². The fourth-order valence-corrected chi connectivity index (χ4v) is 3.41. The third-order valence-corrected chi connectivity index (χ3v) is 4.90. The number of nitrogens with zero attached hydrogens (tertiary/aromatic N) is 1. The summed E-state index contributed by atoms with van der Waals surface area (Å²) >= 11 is 1.71. The summed E-state index contributed by atoms with van der Waals surface area (Å²) in [5, 5.41) is 5.06. The summed E-state index contributed by atoms with van der Waals surface area (Å²) in [6, 6.07) is 4.00. The number of carbonyl (C=O) groups excluding carboxylic acids is 2. The SMILES string of the molecule is CC(N)CC(=O)N1CCC(C(=O)NCCc2cccs2)CC1. The average molecular weight is 323 g/mol. The standard InChI is InChI=1S/C16H25N3O2S/c1-12(17)11-15(20)19-8-5-13(6-9-19)16(21)18-7-4-14-3-2-10-22-14/h2-3,10,12-13H,4-9,11,17H2,1H3,(H,18,21). The number of piperidine rings is 1. The van der Waals surface area contributed by atoms with Crippen LogP contribution in [-0.2, 0) is 16.0 Å². The van der Waals surface area contributed by atoms with Gasteiger partial charge >= 0.3 is 0 Å². The lowest BCUT2D eigenvalue weighted by Crippen LogP contribution is -2.44. The summed E-state index contributed by atoms with van der Waals surface area (Å²) in [4.78, 5) is 27.2. The molecule has 2 heterocycles. The highest BCUT2D eigenvalue weighted by atomic mass is 32.1. The van der Waals surface area contributed by atoms with Gasteiger partial charge in [-0.3, -0.25) is 9.59 Å². The van der Waals surface area contributed by atoms with Crippen LogP contribution in [-0.4, -0.2) is 42.4 Å². The molecule has 1 fully saturated rings. The van der Waals surface area contributed by atoms with E-state index in [0.29, 0.717) is 26.1 Å². The van der Waals surface area contributed by atoms with E-state index in [2.05, 4.69) is 11.4 Å². The van der Waals surface area contributed by atoms with Gasteiger partial charge in [-0.2, -0.15) is 0 Å². The van der Waals surface area contributed by atoms with Gasteiger partial charge in [0.1, 0.15) is 0 Å². The Morgan fingerprint density at radius 1 is 1.45 bits per heavy atom. The molecule has 1 atom stereocenters. The number of rotatable bonds is 6. The maximum Gasteiger partial charge on any atom is 0.224 e. The molecule has 0 aliphatic carbocycles. The molecule has 0 spiro atoms. The molecular formula is C16H25N3O2S. The molecule has 5 nitrogen and oxygen atoms in total. The number of carbonyl (C=O) groups is 2. The molecule has 122 valence electrons. The van der Waals surface area contributed by atoms with Crippen LogP contribution in [0.1, 0.15) is 31.1 Å². The predicted octanol–water partition coefficient (Wildman–Crippen LogP) is 1.38. The van der Waals surface area contributed by atoms with Crippen molar-refractivity contribution in [1.29, 1.82) is 0 Å². The zero-order chi connectivity index (χ0) is 15.9. The predicted molar refractivity (Wildman–Crippen MR) is 88.6 cm³/mol. The first-order valence-corrected chi connectivity index (χ1v) is 8.77. The number of hydrogen-bond donors (Lipinski definition) is 2. The normalized spacial score (nSPS) is 17.3. The molecule has 0 radical (unpaired) electrons. The van der Waals surface area contributed by atoms with Crippen molar-refractivity contribution in [1.82, 2.24) is 10.2 Å². The molecule has 1 aromatic rings. The van der Waals surface area contributed by atoms with E-state index in [9.17, 15) is 9.59 Å². The fourth-order valence-electron chi connectivity index (χ4n) is 2.70. The van der Waals surface area contributed by atoms with Crippen LogP contribution in [0.15, 0.2) is 17.5 Å². The molecule has 1 saturated heterocycles. The molecule has 2 amide bonds. The lowest BCUT2D eigenvalue weighted by atomic mass is 9.95. The summed E-state index contributed by atoms with van der Waals surface area (Å²) in [6.45, 7) is 3.85. The van der Waals surface area contributed by atoms with E-state index in [4.69, 9.17) is 5.73 Å². The van der Waals surface area contributed by atoms with E-state index in [-0.39, 0.29) is 23.8 Å². The van der Waals surface area contributed by atoms with E-state index < -0.39 is 0 Å². The third kappa shape index (κ3) is 5.10. The smallest absolute Gasteiger partial charge is 0.224 e. The zero-order valence-corrected chi connectivity index (χ0v) is 13.9. The largest absolute Gasteiger partial charge is 0.355 e. The Balaban J connectivity index is 1.67. The van der Waals surface area contributed by atoms with Crippen LogP contribution in [0.4, 0.5) is 0 Å². The maximum absolute atomic E-state index is 12.1. The zero-order valence-electron chi connectivity index (χ0n) is 13.1. The minimum atomic E-state index is -0.106. The van der Waals surface area contributed by atoms with Crippen molar-refractivity contribution >= 4 is 23.2 Å². The fraction of sp³-hybridized carbons (Fsp3) is 0.625. The number of thiophene rings is 1. The van der Waals surface area contributed by atoms with Crippen LogP contribution in [0, 0.1) is 5.92 Å². The second-order valence-corrected chi connectivity index (χ2v) is 6.99. The highest BCUT2D eigenvalue weighted by molar-refractivity contribution is 7.09. The lowest BCUT2D eigenvalue weighted by Gasteiger charge is -2.31. The molecule has 0 bridgehead atoms. The summed E-state index contributed by atoms with van der Waals surface area (Å²) < 4.78 is 0. The average Bonchev–Trinajstić information content (AvgIpc) is 3.00. The highest BCUT2D eigenvalue weighted by Gasteiger charge is 2.27. The summed E-state index contributed by atoms with van der Waals surface area (Å²) in [5.41, 5.74) is 5.66.